The highest BCUT2D eigenvalue weighted by Crippen LogP contribution is 2.33. The van der Waals surface area contributed by atoms with Gasteiger partial charge in [-0.25, -0.2) is 4.98 Å². The van der Waals surface area contributed by atoms with Crippen LogP contribution in [0.4, 0.5) is 11.6 Å². The third kappa shape index (κ3) is 4.84. The fraction of sp³-hybridized carbons (Fsp3) is 0.125. The summed E-state index contributed by atoms with van der Waals surface area (Å²) in [5.41, 5.74) is 3.25. The fourth-order valence-electron chi connectivity index (χ4n) is 3.32. The monoisotopic (exact) mass is 478 g/mol. The molecule has 3 aromatic carbocycles. The lowest BCUT2D eigenvalue weighted by atomic mass is 10.0. The second kappa shape index (κ2) is 9.60. The molecule has 0 fully saturated rings. The van der Waals surface area contributed by atoms with Gasteiger partial charge in [-0.1, -0.05) is 36.4 Å². The number of para-hydroxylation sites is 2. The molecule has 0 aliphatic heterocycles. The Balaban J connectivity index is 1.85. The van der Waals surface area contributed by atoms with Gasteiger partial charge >= 0.3 is 0 Å². The van der Waals surface area contributed by atoms with Crippen LogP contribution in [0.3, 0.4) is 0 Å². The normalized spacial score (nSPS) is 12.8. The minimum Gasteiger partial charge on any atom is -0.506 e. The number of phenolic OH excluding ortho intramolecular Hbond substituents is 1. The summed E-state index contributed by atoms with van der Waals surface area (Å²) in [5, 5.41) is 19.0. The highest BCUT2D eigenvalue weighted by Gasteiger charge is 2.18. The largest absolute Gasteiger partial charge is 0.506 e. The molecule has 1 aromatic heterocycles. The third-order valence-corrected chi connectivity index (χ3v) is 7.01. The Labute approximate surface area is 197 Å². The van der Waals surface area contributed by atoms with Crippen LogP contribution in [-0.2, 0) is 21.6 Å². The van der Waals surface area contributed by atoms with Crippen molar-refractivity contribution >= 4 is 33.2 Å². The number of nitrogens with zero attached hydrogens (tertiary/aromatic N) is 4. The van der Waals surface area contributed by atoms with Crippen LogP contribution in [-0.4, -0.2) is 48.3 Å². The molecule has 4 rings (SSSR count). The van der Waals surface area contributed by atoms with Gasteiger partial charge in [0.2, 0.25) is 5.95 Å². The van der Waals surface area contributed by atoms with E-state index in [0.29, 0.717) is 32.8 Å². The molecule has 2 unspecified atom stereocenters. The van der Waals surface area contributed by atoms with Gasteiger partial charge in [0.1, 0.15) is 17.1 Å². The SMILES string of the molecule is CN(c1nnc(-c2ccc(S(C)=O)cc2)c(-c2ccc(S(C)=O)cc2)n1)c1ccccc1O. The fourth-order valence-corrected chi connectivity index (χ4v) is 4.36. The van der Waals surface area contributed by atoms with Gasteiger partial charge in [-0.15, -0.1) is 10.2 Å². The number of phenols is 1. The lowest BCUT2D eigenvalue weighted by Gasteiger charge is -2.19. The quantitative estimate of drug-likeness (QED) is 0.445. The maximum Gasteiger partial charge on any atom is 0.250 e. The van der Waals surface area contributed by atoms with Crippen LogP contribution in [0.5, 0.6) is 5.75 Å². The first-order valence-electron chi connectivity index (χ1n) is 9.99. The van der Waals surface area contributed by atoms with E-state index < -0.39 is 21.6 Å². The van der Waals surface area contributed by atoms with Crippen LogP contribution in [0.15, 0.2) is 82.6 Å². The van der Waals surface area contributed by atoms with E-state index in [1.165, 1.54) is 0 Å². The topological polar surface area (TPSA) is 96.3 Å². The molecule has 7 nitrogen and oxygen atoms in total. The van der Waals surface area contributed by atoms with Crippen LogP contribution in [0.1, 0.15) is 0 Å². The molecule has 1 heterocycles. The first-order valence-corrected chi connectivity index (χ1v) is 13.1. The molecule has 0 saturated heterocycles. The summed E-state index contributed by atoms with van der Waals surface area (Å²) in [6, 6.07) is 21.5. The van der Waals surface area contributed by atoms with Gasteiger partial charge in [0.15, 0.2) is 0 Å². The number of hydrogen-bond donors (Lipinski definition) is 1. The molecule has 2 atom stereocenters. The third-order valence-electron chi connectivity index (χ3n) is 5.14. The predicted octanol–water partition coefficient (Wildman–Crippen LogP) is 4.15. The lowest BCUT2D eigenvalue weighted by Crippen LogP contribution is -2.15. The molecule has 1 N–H and O–H groups in total. The average molecular weight is 479 g/mol. The smallest absolute Gasteiger partial charge is 0.250 e. The van der Waals surface area contributed by atoms with Crippen LogP contribution >= 0.6 is 0 Å². The van der Waals surface area contributed by atoms with Crippen molar-refractivity contribution < 1.29 is 13.5 Å². The zero-order valence-corrected chi connectivity index (χ0v) is 19.9. The molecule has 0 spiro atoms. The molecular formula is C24H22N4O3S2. The highest BCUT2D eigenvalue weighted by atomic mass is 32.2. The number of benzene rings is 3. The van der Waals surface area contributed by atoms with E-state index in [4.69, 9.17) is 4.98 Å². The molecule has 0 radical (unpaired) electrons. The zero-order chi connectivity index (χ0) is 23.5. The number of aromatic nitrogens is 3. The van der Waals surface area contributed by atoms with Gasteiger partial charge in [-0.3, -0.25) is 8.42 Å². The predicted molar refractivity (Wildman–Crippen MR) is 132 cm³/mol. The number of rotatable bonds is 6. The Morgan fingerprint density at radius 1 is 0.727 bits per heavy atom. The second-order valence-corrected chi connectivity index (χ2v) is 10.1. The molecule has 168 valence electrons. The number of hydrogen-bond acceptors (Lipinski definition) is 7. The Bertz CT molecular complexity index is 1340. The van der Waals surface area contributed by atoms with Crippen molar-refractivity contribution in [2.24, 2.45) is 0 Å². The summed E-state index contributed by atoms with van der Waals surface area (Å²) in [7, 11) is -0.427. The number of aromatic hydroxyl groups is 1. The Morgan fingerprint density at radius 2 is 1.24 bits per heavy atom. The average Bonchev–Trinajstić information content (AvgIpc) is 2.83. The standard InChI is InChI=1S/C24H22N4O3S2/c1-28(20-6-4-5-7-21(20)29)24-25-22(16-8-12-18(13-9-16)32(2)30)23(26-27-24)17-10-14-19(15-11-17)33(3)31/h4-15,29H,1-3H3. The van der Waals surface area contributed by atoms with Crippen LogP contribution in [0.2, 0.25) is 0 Å². The zero-order valence-electron chi connectivity index (χ0n) is 18.3. The minimum atomic E-state index is -1.09. The Kier molecular flexibility index (Phi) is 6.62. The van der Waals surface area contributed by atoms with Crippen LogP contribution in [0, 0.1) is 0 Å². The van der Waals surface area contributed by atoms with E-state index >= 15 is 0 Å². The molecular weight excluding hydrogens is 456 g/mol. The van der Waals surface area contributed by atoms with Crippen molar-refractivity contribution in [1.82, 2.24) is 15.2 Å². The first-order chi connectivity index (χ1) is 15.8. The lowest BCUT2D eigenvalue weighted by molar-refractivity contribution is 0.476. The maximum atomic E-state index is 11.8. The van der Waals surface area contributed by atoms with Crippen molar-refractivity contribution in [2.75, 3.05) is 24.5 Å². The summed E-state index contributed by atoms with van der Waals surface area (Å²) in [4.78, 5) is 7.86. The van der Waals surface area contributed by atoms with E-state index in [1.54, 1.807) is 66.9 Å². The van der Waals surface area contributed by atoms with E-state index in [9.17, 15) is 13.5 Å². The molecule has 0 saturated carbocycles. The summed E-state index contributed by atoms with van der Waals surface area (Å²) in [5.74, 6) is 0.414. The highest BCUT2D eigenvalue weighted by molar-refractivity contribution is 7.84. The Morgan fingerprint density at radius 3 is 1.76 bits per heavy atom. The van der Waals surface area contributed by atoms with Crippen molar-refractivity contribution in [1.29, 1.82) is 0 Å². The molecule has 0 bridgehead atoms. The van der Waals surface area contributed by atoms with E-state index in [0.717, 1.165) is 11.1 Å². The molecule has 4 aromatic rings. The van der Waals surface area contributed by atoms with Crippen LogP contribution in [0.25, 0.3) is 22.5 Å². The summed E-state index contributed by atoms with van der Waals surface area (Å²) >= 11 is 0. The first kappa shape index (κ1) is 22.8. The van der Waals surface area contributed by atoms with Gasteiger partial charge in [0, 0.05) is 62.1 Å². The van der Waals surface area contributed by atoms with Gasteiger partial charge in [0.25, 0.3) is 0 Å². The maximum absolute atomic E-state index is 11.8. The molecule has 0 amide bonds. The molecule has 33 heavy (non-hydrogen) atoms. The van der Waals surface area contributed by atoms with Gasteiger partial charge < -0.3 is 10.0 Å². The Hall–Kier alpha value is -3.43. The van der Waals surface area contributed by atoms with E-state index in [1.807, 2.05) is 30.3 Å². The second-order valence-electron chi connectivity index (χ2n) is 7.31. The van der Waals surface area contributed by atoms with Crippen molar-refractivity contribution in [2.45, 2.75) is 9.79 Å². The van der Waals surface area contributed by atoms with Crippen molar-refractivity contribution in [3.8, 4) is 28.3 Å². The molecule has 0 aliphatic rings. The molecule has 0 aliphatic carbocycles. The van der Waals surface area contributed by atoms with Crippen LogP contribution < -0.4 is 4.90 Å². The van der Waals surface area contributed by atoms with Crippen molar-refractivity contribution in [3.63, 3.8) is 0 Å². The van der Waals surface area contributed by atoms with Gasteiger partial charge in [0.05, 0.1) is 5.69 Å². The summed E-state index contributed by atoms with van der Waals surface area (Å²) in [6.45, 7) is 0. The summed E-state index contributed by atoms with van der Waals surface area (Å²) < 4.78 is 23.6. The summed E-state index contributed by atoms with van der Waals surface area (Å²) in [6.07, 6.45) is 3.26. The van der Waals surface area contributed by atoms with Crippen molar-refractivity contribution in [3.05, 3.63) is 72.8 Å². The van der Waals surface area contributed by atoms with Gasteiger partial charge in [-0.05, 0) is 36.4 Å². The van der Waals surface area contributed by atoms with Gasteiger partial charge in [-0.2, -0.15) is 0 Å². The minimum absolute atomic E-state index is 0.104. The van der Waals surface area contributed by atoms with E-state index in [-0.39, 0.29) is 5.75 Å². The number of anilines is 2. The molecule has 9 heteroatoms. The van der Waals surface area contributed by atoms with E-state index in [2.05, 4.69) is 10.2 Å².